The maximum atomic E-state index is 11.9. The molecule has 1 saturated heterocycles. The number of carbonyl (C=O) groups is 1. The Morgan fingerprint density at radius 1 is 1.15 bits per heavy atom. The molecular weight excluding hydrogens is 248 g/mol. The van der Waals surface area contributed by atoms with Crippen LogP contribution in [-0.2, 0) is 4.79 Å². The van der Waals surface area contributed by atoms with Gasteiger partial charge in [-0.25, -0.2) is 0 Å². The zero-order chi connectivity index (χ0) is 14.5. The number of amides is 1. The van der Waals surface area contributed by atoms with E-state index >= 15 is 0 Å². The fraction of sp³-hybridized carbons (Fsp3) is 0.588. The van der Waals surface area contributed by atoms with Gasteiger partial charge < -0.3 is 9.80 Å². The van der Waals surface area contributed by atoms with Gasteiger partial charge in [0.25, 0.3) is 0 Å². The highest BCUT2D eigenvalue weighted by Gasteiger charge is 2.22. The zero-order valence-corrected chi connectivity index (χ0v) is 12.9. The second-order valence-electron chi connectivity index (χ2n) is 5.83. The number of piperazine rings is 1. The summed E-state index contributed by atoms with van der Waals surface area (Å²) in [6.07, 6.45) is 1.62. The maximum absolute atomic E-state index is 11.9. The Balaban J connectivity index is 2.02. The van der Waals surface area contributed by atoms with Gasteiger partial charge in [0.1, 0.15) is 0 Å². The molecule has 0 aromatic heterocycles. The van der Waals surface area contributed by atoms with Gasteiger partial charge >= 0.3 is 0 Å². The summed E-state index contributed by atoms with van der Waals surface area (Å²) in [4.78, 5) is 16.4. The molecule has 3 nitrogen and oxygen atoms in total. The van der Waals surface area contributed by atoms with E-state index in [1.165, 1.54) is 11.3 Å². The molecule has 1 heterocycles. The molecule has 0 saturated carbocycles. The predicted molar refractivity (Wildman–Crippen MR) is 84.2 cm³/mol. The molecule has 1 aromatic rings. The van der Waals surface area contributed by atoms with Crippen molar-refractivity contribution in [2.24, 2.45) is 0 Å². The Hall–Kier alpha value is -1.51. The summed E-state index contributed by atoms with van der Waals surface area (Å²) in [5.41, 5.74) is 2.74. The maximum Gasteiger partial charge on any atom is 0.222 e. The van der Waals surface area contributed by atoms with Gasteiger partial charge in [-0.15, -0.1) is 0 Å². The van der Waals surface area contributed by atoms with Crippen LogP contribution >= 0.6 is 0 Å². The molecule has 1 amide bonds. The lowest BCUT2D eigenvalue weighted by Crippen LogP contribution is -2.49. The first-order chi connectivity index (χ1) is 9.63. The highest BCUT2D eigenvalue weighted by atomic mass is 16.2. The minimum absolute atomic E-state index is 0.310. The Labute approximate surface area is 122 Å². The van der Waals surface area contributed by atoms with E-state index in [1.54, 1.807) is 0 Å². The molecule has 0 atom stereocenters. The normalized spacial score (nSPS) is 15.8. The summed E-state index contributed by atoms with van der Waals surface area (Å²) in [5, 5.41) is 0. The zero-order valence-electron chi connectivity index (χ0n) is 12.9. The lowest BCUT2D eigenvalue weighted by molar-refractivity contribution is -0.131. The summed E-state index contributed by atoms with van der Waals surface area (Å²) in [6.45, 7) is 10.1. The first-order valence-corrected chi connectivity index (χ1v) is 7.75. The van der Waals surface area contributed by atoms with Crippen molar-refractivity contribution in [2.45, 2.75) is 39.5 Å². The van der Waals surface area contributed by atoms with Gasteiger partial charge in [0, 0.05) is 38.3 Å². The summed E-state index contributed by atoms with van der Waals surface area (Å²) >= 11 is 0. The van der Waals surface area contributed by atoms with Crippen molar-refractivity contribution in [3.05, 3.63) is 29.8 Å². The van der Waals surface area contributed by atoms with Crippen LogP contribution in [0.25, 0.3) is 0 Å². The standard InChI is InChI=1S/C17H26N2O/c1-4-7-17(20)19-12-10-18(11-13-19)16-9-6-5-8-15(16)14(2)3/h5-6,8-9,14H,4,7,10-13H2,1-3H3. The fourth-order valence-electron chi connectivity index (χ4n) is 2.83. The first kappa shape index (κ1) is 14.9. The average Bonchev–Trinajstić information content (AvgIpc) is 2.47. The van der Waals surface area contributed by atoms with E-state index in [-0.39, 0.29) is 0 Å². The predicted octanol–water partition coefficient (Wildman–Crippen LogP) is 3.26. The summed E-state index contributed by atoms with van der Waals surface area (Å²) in [7, 11) is 0. The number of hydrogen-bond acceptors (Lipinski definition) is 2. The molecule has 1 aliphatic rings. The quantitative estimate of drug-likeness (QED) is 0.841. The summed E-state index contributed by atoms with van der Waals surface area (Å²) in [5.74, 6) is 0.843. The van der Waals surface area contributed by atoms with Crippen LogP contribution in [0.2, 0.25) is 0 Å². The molecule has 3 heteroatoms. The highest BCUT2D eigenvalue weighted by Crippen LogP contribution is 2.28. The summed E-state index contributed by atoms with van der Waals surface area (Å²) < 4.78 is 0. The molecule has 1 aromatic carbocycles. The van der Waals surface area contributed by atoms with E-state index in [4.69, 9.17) is 0 Å². The number of benzene rings is 1. The largest absolute Gasteiger partial charge is 0.368 e. The SMILES string of the molecule is CCCC(=O)N1CCN(c2ccccc2C(C)C)CC1. The lowest BCUT2D eigenvalue weighted by Gasteiger charge is -2.37. The van der Waals surface area contributed by atoms with E-state index < -0.39 is 0 Å². The molecular formula is C17H26N2O. The molecule has 2 rings (SSSR count). The third-order valence-electron chi connectivity index (χ3n) is 4.00. The monoisotopic (exact) mass is 274 g/mol. The Morgan fingerprint density at radius 3 is 2.40 bits per heavy atom. The number of carbonyl (C=O) groups excluding carboxylic acids is 1. The Kier molecular flexibility index (Phi) is 5.05. The van der Waals surface area contributed by atoms with Crippen LogP contribution in [0.5, 0.6) is 0 Å². The molecule has 0 bridgehead atoms. The third kappa shape index (κ3) is 3.33. The first-order valence-electron chi connectivity index (χ1n) is 7.75. The molecule has 0 N–H and O–H groups in total. The molecule has 0 unspecified atom stereocenters. The lowest BCUT2D eigenvalue weighted by atomic mass is 10.00. The molecule has 110 valence electrons. The van der Waals surface area contributed by atoms with Crippen LogP contribution in [0.3, 0.4) is 0 Å². The topological polar surface area (TPSA) is 23.6 Å². The molecule has 1 aliphatic heterocycles. The van der Waals surface area contributed by atoms with Crippen molar-refractivity contribution in [1.29, 1.82) is 0 Å². The number of nitrogens with zero attached hydrogens (tertiary/aromatic N) is 2. The van der Waals surface area contributed by atoms with Crippen molar-refractivity contribution in [3.8, 4) is 0 Å². The van der Waals surface area contributed by atoms with Gasteiger partial charge in [-0.05, 0) is 24.0 Å². The fourth-order valence-corrected chi connectivity index (χ4v) is 2.83. The van der Waals surface area contributed by atoms with E-state index in [2.05, 4.69) is 49.9 Å². The van der Waals surface area contributed by atoms with Gasteiger partial charge in [-0.1, -0.05) is 39.0 Å². The van der Waals surface area contributed by atoms with Crippen molar-refractivity contribution in [3.63, 3.8) is 0 Å². The van der Waals surface area contributed by atoms with E-state index in [0.29, 0.717) is 18.2 Å². The van der Waals surface area contributed by atoms with Gasteiger partial charge in [0.05, 0.1) is 0 Å². The van der Waals surface area contributed by atoms with Crippen LogP contribution in [0.1, 0.15) is 45.1 Å². The summed E-state index contributed by atoms with van der Waals surface area (Å²) in [6, 6.07) is 8.64. The van der Waals surface area contributed by atoms with Gasteiger partial charge in [-0.2, -0.15) is 0 Å². The van der Waals surface area contributed by atoms with Crippen molar-refractivity contribution in [2.75, 3.05) is 31.1 Å². The number of para-hydroxylation sites is 1. The number of anilines is 1. The molecule has 0 spiro atoms. The van der Waals surface area contributed by atoms with Crippen LogP contribution in [0.15, 0.2) is 24.3 Å². The third-order valence-corrected chi connectivity index (χ3v) is 4.00. The van der Waals surface area contributed by atoms with Crippen molar-refractivity contribution < 1.29 is 4.79 Å². The molecule has 20 heavy (non-hydrogen) atoms. The average molecular weight is 274 g/mol. The highest BCUT2D eigenvalue weighted by molar-refractivity contribution is 5.76. The van der Waals surface area contributed by atoms with E-state index in [1.807, 2.05) is 4.90 Å². The van der Waals surface area contributed by atoms with E-state index in [9.17, 15) is 4.79 Å². The van der Waals surface area contributed by atoms with Crippen LogP contribution in [0.4, 0.5) is 5.69 Å². The van der Waals surface area contributed by atoms with Gasteiger partial charge in [0.15, 0.2) is 0 Å². The van der Waals surface area contributed by atoms with Crippen molar-refractivity contribution in [1.82, 2.24) is 4.90 Å². The van der Waals surface area contributed by atoms with Gasteiger partial charge in [-0.3, -0.25) is 4.79 Å². The smallest absolute Gasteiger partial charge is 0.222 e. The number of hydrogen-bond donors (Lipinski definition) is 0. The van der Waals surface area contributed by atoms with Gasteiger partial charge in [0.2, 0.25) is 5.91 Å². The second-order valence-corrected chi connectivity index (χ2v) is 5.83. The molecule has 1 fully saturated rings. The van der Waals surface area contributed by atoms with Crippen LogP contribution in [-0.4, -0.2) is 37.0 Å². The van der Waals surface area contributed by atoms with Crippen molar-refractivity contribution >= 4 is 11.6 Å². The Bertz CT molecular complexity index is 448. The minimum atomic E-state index is 0.310. The minimum Gasteiger partial charge on any atom is -0.368 e. The van der Waals surface area contributed by atoms with E-state index in [0.717, 1.165) is 32.6 Å². The van der Waals surface area contributed by atoms with Crippen LogP contribution < -0.4 is 4.90 Å². The molecule has 0 radical (unpaired) electrons. The number of rotatable bonds is 4. The molecule has 0 aliphatic carbocycles. The Morgan fingerprint density at radius 2 is 1.80 bits per heavy atom. The second kappa shape index (κ2) is 6.78. The van der Waals surface area contributed by atoms with Crippen LogP contribution in [0, 0.1) is 0 Å².